The maximum absolute atomic E-state index is 12.2. The van der Waals surface area contributed by atoms with Crippen molar-refractivity contribution in [3.8, 4) is 0 Å². The lowest BCUT2D eigenvalue weighted by molar-refractivity contribution is -0.120. The molecule has 5 nitrogen and oxygen atoms in total. The maximum atomic E-state index is 12.2. The van der Waals surface area contributed by atoms with E-state index in [1.54, 1.807) is 0 Å². The van der Waals surface area contributed by atoms with Crippen LogP contribution in [0.25, 0.3) is 0 Å². The van der Waals surface area contributed by atoms with Gasteiger partial charge in [-0.1, -0.05) is 38.1 Å². The number of nitrogens with zero attached hydrogens (tertiary/aromatic N) is 3. The Kier molecular flexibility index (Phi) is 6.76. The molecule has 25 heavy (non-hydrogen) atoms. The Bertz CT molecular complexity index is 699. The van der Waals surface area contributed by atoms with Gasteiger partial charge in [0.05, 0.1) is 12.1 Å². The van der Waals surface area contributed by atoms with Gasteiger partial charge in [-0.15, -0.1) is 0 Å². The van der Waals surface area contributed by atoms with Gasteiger partial charge in [0.15, 0.2) is 0 Å². The van der Waals surface area contributed by atoms with Gasteiger partial charge >= 0.3 is 0 Å². The van der Waals surface area contributed by atoms with Gasteiger partial charge in [0.1, 0.15) is 0 Å². The van der Waals surface area contributed by atoms with E-state index < -0.39 is 0 Å². The Morgan fingerprint density at radius 3 is 2.24 bits per heavy atom. The Balaban J connectivity index is 1.87. The average Bonchev–Trinajstić information content (AvgIpc) is 2.85. The highest BCUT2D eigenvalue weighted by molar-refractivity contribution is 5.79. The van der Waals surface area contributed by atoms with E-state index in [4.69, 9.17) is 0 Å². The summed E-state index contributed by atoms with van der Waals surface area (Å²) in [4.78, 5) is 14.6. The maximum Gasteiger partial charge on any atom is 0.224 e. The molecule has 2 rings (SSSR count). The van der Waals surface area contributed by atoms with Crippen LogP contribution in [0.1, 0.15) is 41.9 Å². The Labute approximate surface area is 151 Å². The van der Waals surface area contributed by atoms with Crippen LogP contribution >= 0.6 is 0 Å². The van der Waals surface area contributed by atoms with Crippen molar-refractivity contribution in [3.63, 3.8) is 0 Å². The molecule has 1 N–H and O–H groups in total. The van der Waals surface area contributed by atoms with Crippen LogP contribution in [0.5, 0.6) is 0 Å². The number of amides is 1. The molecular weight excluding hydrogens is 312 g/mol. The fraction of sp³-hybridized carbons (Fsp3) is 0.500. The molecule has 0 saturated carbocycles. The highest BCUT2D eigenvalue weighted by Crippen LogP contribution is 2.13. The van der Waals surface area contributed by atoms with Gasteiger partial charge < -0.3 is 5.32 Å². The van der Waals surface area contributed by atoms with Crippen molar-refractivity contribution in [3.05, 3.63) is 52.3 Å². The second-order valence-electron chi connectivity index (χ2n) is 6.50. The van der Waals surface area contributed by atoms with Crippen molar-refractivity contribution in [2.24, 2.45) is 7.05 Å². The smallest absolute Gasteiger partial charge is 0.224 e. The summed E-state index contributed by atoms with van der Waals surface area (Å²) in [6, 6.07) is 8.49. The molecule has 0 aliphatic rings. The molecule has 0 atom stereocenters. The normalized spacial score (nSPS) is 11.1. The first-order valence-electron chi connectivity index (χ1n) is 9.00. The number of carbonyl (C=O) groups excluding carboxylic acids is 1. The zero-order valence-corrected chi connectivity index (χ0v) is 16.1. The minimum atomic E-state index is 0.0337. The molecule has 0 spiro atoms. The van der Waals surface area contributed by atoms with Crippen molar-refractivity contribution < 1.29 is 4.79 Å². The third-order valence-corrected chi connectivity index (χ3v) is 4.81. The predicted octanol–water partition coefficient (Wildman–Crippen LogP) is 2.74. The number of aromatic nitrogens is 2. The summed E-state index contributed by atoms with van der Waals surface area (Å²) >= 11 is 0. The number of nitrogens with one attached hydrogen (secondary N) is 1. The molecule has 1 aromatic heterocycles. The zero-order valence-electron chi connectivity index (χ0n) is 16.1. The van der Waals surface area contributed by atoms with E-state index in [0.717, 1.165) is 42.1 Å². The largest absolute Gasteiger partial charge is 0.352 e. The van der Waals surface area contributed by atoms with Crippen LogP contribution in [0.15, 0.2) is 24.3 Å². The fourth-order valence-electron chi connectivity index (χ4n) is 2.96. The number of aryl methyl sites for hydroxylation is 2. The Hall–Kier alpha value is -2.14. The summed E-state index contributed by atoms with van der Waals surface area (Å²) in [6.45, 7) is 11.9. The Morgan fingerprint density at radius 2 is 1.72 bits per heavy atom. The molecule has 0 saturated heterocycles. The van der Waals surface area contributed by atoms with Crippen LogP contribution in [-0.4, -0.2) is 33.7 Å². The van der Waals surface area contributed by atoms with Gasteiger partial charge in [-0.05, 0) is 38.1 Å². The summed E-state index contributed by atoms with van der Waals surface area (Å²) in [7, 11) is 1.91. The number of rotatable bonds is 8. The first-order chi connectivity index (χ1) is 11.9. The molecule has 1 aromatic carbocycles. The van der Waals surface area contributed by atoms with Crippen LogP contribution < -0.4 is 5.32 Å². The van der Waals surface area contributed by atoms with E-state index in [9.17, 15) is 4.79 Å². The second-order valence-corrected chi connectivity index (χ2v) is 6.50. The SMILES string of the molecule is CCN(CC)Cc1ccc(CNC(=O)Cc2c(C)nn(C)c2C)cc1. The van der Waals surface area contributed by atoms with E-state index in [1.165, 1.54) is 5.56 Å². The molecule has 0 unspecified atom stereocenters. The van der Waals surface area contributed by atoms with E-state index in [2.05, 4.69) is 53.4 Å². The van der Waals surface area contributed by atoms with Gasteiger partial charge in [0, 0.05) is 31.4 Å². The predicted molar refractivity (Wildman–Crippen MR) is 101 cm³/mol. The number of carbonyl (C=O) groups is 1. The van der Waals surface area contributed by atoms with Gasteiger partial charge in [-0.25, -0.2) is 0 Å². The average molecular weight is 342 g/mol. The molecule has 0 radical (unpaired) electrons. The summed E-state index contributed by atoms with van der Waals surface area (Å²) in [5.74, 6) is 0.0337. The van der Waals surface area contributed by atoms with Gasteiger partial charge in [0.25, 0.3) is 0 Å². The van der Waals surface area contributed by atoms with Crippen molar-refractivity contribution in [1.82, 2.24) is 20.0 Å². The van der Waals surface area contributed by atoms with Crippen LogP contribution in [0, 0.1) is 13.8 Å². The summed E-state index contributed by atoms with van der Waals surface area (Å²) < 4.78 is 1.83. The monoisotopic (exact) mass is 342 g/mol. The van der Waals surface area contributed by atoms with Gasteiger partial charge in [-0.2, -0.15) is 5.10 Å². The molecule has 0 aliphatic carbocycles. The standard InChI is InChI=1S/C20H30N4O/c1-6-24(7-2)14-18-10-8-17(9-11-18)13-21-20(25)12-19-15(3)22-23(5)16(19)4/h8-11H,6-7,12-14H2,1-5H3,(H,21,25). The number of hydrogen-bond donors (Lipinski definition) is 1. The fourth-order valence-corrected chi connectivity index (χ4v) is 2.96. The Morgan fingerprint density at radius 1 is 1.12 bits per heavy atom. The third kappa shape index (κ3) is 5.16. The summed E-state index contributed by atoms with van der Waals surface area (Å²) in [5.41, 5.74) is 5.43. The lowest BCUT2D eigenvalue weighted by Gasteiger charge is -2.18. The highest BCUT2D eigenvalue weighted by atomic mass is 16.1. The van der Waals surface area contributed by atoms with Crippen molar-refractivity contribution in [2.75, 3.05) is 13.1 Å². The van der Waals surface area contributed by atoms with Gasteiger partial charge in [0.2, 0.25) is 5.91 Å². The van der Waals surface area contributed by atoms with E-state index in [0.29, 0.717) is 13.0 Å². The third-order valence-electron chi connectivity index (χ3n) is 4.81. The van der Waals surface area contributed by atoms with Crippen LogP contribution in [0.2, 0.25) is 0 Å². The lowest BCUT2D eigenvalue weighted by atomic mass is 10.1. The molecule has 136 valence electrons. The molecule has 0 fully saturated rings. The van der Waals surface area contributed by atoms with Crippen molar-refractivity contribution >= 4 is 5.91 Å². The molecule has 0 bridgehead atoms. The van der Waals surface area contributed by atoms with Crippen LogP contribution in [0.4, 0.5) is 0 Å². The zero-order chi connectivity index (χ0) is 18.4. The molecule has 0 aliphatic heterocycles. The molecular formula is C20H30N4O. The molecule has 5 heteroatoms. The minimum absolute atomic E-state index is 0.0337. The van der Waals surface area contributed by atoms with Gasteiger partial charge in [-0.3, -0.25) is 14.4 Å². The minimum Gasteiger partial charge on any atom is -0.352 e. The highest BCUT2D eigenvalue weighted by Gasteiger charge is 2.13. The topological polar surface area (TPSA) is 50.2 Å². The first kappa shape index (κ1) is 19.2. The molecule has 1 heterocycles. The quantitative estimate of drug-likeness (QED) is 0.802. The summed E-state index contributed by atoms with van der Waals surface area (Å²) in [6.07, 6.45) is 0.381. The van der Waals surface area contributed by atoms with E-state index in [1.807, 2.05) is 25.6 Å². The van der Waals surface area contributed by atoms with Crippen LogP contribution in [0.3, 0.4) is 0 Å². The molecule has 2 aromatic rings. The lowest BCUT2D eigenvalue weighted by Crippen LogP contribution is -2.25. The van der Waals surface area contributed by atoms with E-state index in [-0.39, 0.29) is 5.91 Å². The number of hydrogen-bond acceptors (Lipinski definition) is 3. The molecule has 1 amide bonds. The first-order valence-corrected chi connectivity index (χ1v) is 9.00. The van der Waals surface area contributed by atoms with Crippen molar-refractivity contribution in [2.45, 2.75) is 47.2 Å². The van der Waals surface area contributed by atoms with Crippen LogP contribution in [-0.2, 0) is 31.4 Å². The summed E-state index contributed by atoms with van der Waals surface area (Å²) in [5, 5.41) is 7.37. The van der Waals surface area contributed by atoms with Crippen molar-refractivity contribution in [1.29, 1.82) is 0 Å². The van der Waals surface area contributed by atoms with E-state index >= 15 is 0 Å². The number of benzene rings is 1. The second kappa shape index (κ2) is 8.81.